The highest BCUT2D eigenvalue weighted by Crippen LogP contribution is 2.34. The van der Waals surface area contributed by atoms with Crippen molar-refractivity contribution in [3.8, 4) is 5.75 Å². The smallest absolute Gasteiger partial charge is 0.260 e. The van der Waals surface area contributed by atoms with Gasteiger partial charge in [0.25, 0.3) is 5.91 Å². The van der Waals surface area contributed by atoms with Crippen LogP contribution in [0.3, 0.4) is 0 Å². The van der Waals surface area contributed by atoms with E-state index in [1.54, 1.807) is 4.90 Å². The average Bonchev–Trinajstić information content (AvgIpc) is 3.09. The molecular formula is C21H28N4O4. The number of carbonyl (C=O) groups excluding carboxylic acids is 2. The molecule has 0 atom stereocenters. The maximum absolute atomic E-state index is 12.8. The number of amides is 2. The summed E-state index contributed by atoms with van der Waals surface area (Å²) in [4.78, 5) is 32.6. The van der Waals surface area contributed by atoms with Crippen molar-refractivity contribution in [2.45, 2.75) is 51.6 Å². The molecule has 2 N–H and O–H groups in total. The van der Waals surface area contributed by atoms with Crippen molar-refractivity contribution in [2.75, 3.05) is 26.3 Å². The molecule has 2 amide bonds. The first-order valence-corrected chi connectivity index (χ1v) is 10.4. The highest BCUT2D eigenvalue weighted by Gasteiger charge is 2.30. The van der Waals surface area contributed by atoms with Gasteiger partial charge in [-0.2, -0.15) is 0 Å². The minimum Gasteiger partial charge on any atom is -0.483 e. The van der Waals surface area contributed by atoms with Crippen LogP contribution < -0.4 is 10.1 Å². The van der Waals surface area contributed by atoms with Crippen LogP contribution in [0.15, 0.2) is 17.1 Å². The van der Waals surface area contributed by atoms with Crippen LogP contribution in [0.5, 0.6) is 5.75 Å². The lowest BCUT2D eigenvalue weighted by molar-refractivity contribution is -0.137. The number of aliphatic imine (C=N–C) groups is 1. The monoisotopic (exact) mass is 400 g/mol. The van der Waals surface area contributed by atoms with Crippen molar-refractivity contribution >= 4 is 23.5 Å². The number of hydrogen-bond acceptors (Lipinski definition) is 6. The zero-order chi connectivity index (χ0) is 20.4. The minimum atomic E-state index is -0.0854. The third-order valence-corrected chi connectivity index (χ3v) is 6.01. The Morgan fingerprint density at radius 1 is 1.31 bits per heavy atom. The Hall–Kier alpha value is -2.61. The van der Waals surface area contributed by atoms with E-state index in [9.17, 15) is 14.7 Å². The SMILES string of the molecule is Cc1c(OCC(=O)N(CCO)C2CCCCC2)ccc2c1CN1CC(=O)NC1=N2. The predicted molar refractivity (Wildman–Crippen MR) is 108 cm³/mol. The molecule has 8 heteroatoms. The molecule has 2 heterocycles. The fourth-order valence-corrected chi connectivity index (χ4v) is 4.44. The zero-order valence-electron chi connectivity index (χ0n) is 16.8. The third-order valence-electron chi connectivity index (χ3n) is 6.01. The Kier molecular flexibility index (Phi) is 5.71. The summed E-state index contributed by atoms with van der Waals surface area (Å²) in [5.41, 5.74) is 2.76. The molecule has 4 rings (SSSR count). The first kappa shape index (κ1) is 19.7. The number of aliphatic hydroxyl groups is 1. The van der Waals surface area contributed by atoms with Gasteiger partial charge in [-0.25, -0.2) is 4.99 Å². The lowest BCUT2D eigenvalue weighted by Gasteiger charge is -2.34. The molecule has 29 heavy (non-hydrogen) atoms. The highest BCUT2D eigenvalue weighted by atomic mass is 16.5. The first-order chi connectivity index (χ1) is 14.1. The van der Waals surface area contributed by atoms with Gasteiger partial charge in [0, 0.05) is 24.7 Å². The molecule has 0 aromatic heterocycles. The normalized spacial score (nSPS) is 18.6. The summed E-state index contributed by atoms with van der Waals surface area (Å²) in [5, 5.41) is 12.2. The topological polar surface area (TPSA) is 94.5 Å². The van der Waals surface area contributed by atoms with Crippen molar-refractivity contribution in [3.05, 3.63) is 23.3 Å². The van der Waals surface area contributed by atoms with Crippen LogP contribution in [0.4, 0.5) is 5.69 Å². The fourth-order valence-electron chi connectivity index (χ4n) is 4.44. The minimum absolute atomic E-state index is 0.0387. The number of aliphatic hydroxyl groups excluding tert-OH is 1. The van der Waals surface area contributed by atoms with Crippen LogP contribution >= 0.6 is 0 Å². The standard InChI is InChI=1S/C21H28N4O4/c1-14-16-11-24-12-19(27)23-21(24)22-17(16)7-8-18(14)29-13-20(28)25(9-10-26)15-5-3-2-4-6-15/h7-8,15,26H,2-6,9-13H2,1H3,(H,22,23,27). The molecule has 2 aliphatic heterocycles. The van der Waals surface area contributed by atoms with Gasteiger partial charge >= 0.3 is 0 Å². The fraction of sp³-hybridized carbons (Fsp3) is 0.571. The number of fused-ring (bicyclic) bond motifs is 2. The van der Waals surface area contributed by atoms with E-state index in [-0.39, 0.29) is 31.1 Å². The number of carbonyl (C=O) groups is 2. The highest BCUT2D eigenvalue weighted by molar-refractivity contribution is 6.05. The van der Waals surface area contributed by atoms with Gasteiger partial charge in [-0.3, -0.25) is 14.9 Å². The molecule has 0 radical (unpaired) electrons. The largest absolute Gasteiger partial charge is 0.483 e. The van der Waals surface area contributed by atoms with E-state index in [1.807, 2.05) is 24.0 Å². The van der Waals surface area contributed by atoms with Crippen molar-refractivity contribution in [3.63, 3.8) is 0 Å². The predicted octanol–water partition coefficient (Wildman–Crippen LogP) is 1.46. The second-order valence-electron chi connectivity index (χ2n) is 7.92. The van der Waals surface area contributed by atoms with E-state index in [0.717, 1.165) is 42.5 Å². The summed E-state index contributed by atoms with van der Waals surface area (Å²) < 4.78 is 5.89. The zero-order valence-corrected chi connectivity index (χ0v) is 16.8. The van der Waals surface area contributed by atoms with Crippen LogP contribution in [-0.4, -0.2) is 65.0 Å². The van der Waals surface area contributed by atoms with Crippen molar-refractivity contribution in [1.82, 2.24) is 15.1 Å². The Morgan fingerprint density at radius 2 is 2.10 bits per heavy atom. The van der Waals surface area contributed by atoms with Gasteiger partial charge in [0.2, 0.25) is 11.9 Å². The number of rotatable bonds is 6. The average molecular weight is 400 g/mol. The van der Waals surface area contributed by atoms with Gasteiger partial charge in [0.15, 0.2) is 6.61 Å². The Labute approximate surface area is 170 Å². The van der Waals surface area contributed by atoms with Crippen LogP contribution in [-0.2, 0) is 16.1 Å². The molecule has 1 saturated heterocycles. The molecule has 0 bridgehead atoms. The summed E-state index contributed by atoms with van der Waals surface area (Å²) in [7, 11) is 0. The summed E-state index contributed by atoms with van der Waals surface area (Å²) in [6.45, 7) is 3.11. The lowest BCUT2D eigenvalue weighted by atomic mass is 9.94. The Balaban J connectivity index is 1.44. The molecule has 1 aliphatic carbocycles. The molecule has 8 nitrogen and oxygen atoms in total. The van der Waals surface area contributed by atoms with E-state index >= 15 is 0 Å². The van der Waals surface area contributed by atoms with E-state index in [2.05, 4.69) is 10.3 Å². The van der Waals surface area contributed by atoms with Crippen molar-refractivity contribution < 1.29 is 19.4 Å². The maximum Gasteiger partial charge on any atom is 0.260 e. The number of nitrogens with zero attached hydrogens (tertiary/aromatic N) is 3. The number of benzene rings is 1. The summed E-state index contributed by atoms with van der Waals surface area (Å²) >= 11 is 0. The second-order valence-corrected chi connectivity index (χ2v) is 7.92. The molecule has 1 saturated carbocycles. The second kappa shape index (κ2) is 8.41. The number of nitrogens with one attached hydrogen (secondary N) is 1. The van der Waals surface area contributed by atoms with Gasteiger partial charge < -0.3 is 19.6 Å². The lowest BCUT2D eigenvalue weighted by Crippen LogP contribution is -2.45. The Morgan fingerprint density at radius 3 is 2.86 bits per heavy atom. The van der Waals surface area contributed by atoms with Gasteiger partial charge in [0.1, 0.15) is 12.3 Å². The Bertz CT molecular complexity index is 832. The van der Waals surface area contributed by atoms with Gasteiger partial charge in [-0.05, 0) is 37.5 Å². The number of guanidine groups is 1. The van der Waals surface area contributed by atoms with E-state index in [1.165, 1.54) is 6.42 Å². The first-order valence-electron chi connectivity index (χ1n) is 10.4. The van der Waals surface area contributed by atoms with Crippen LogP contribution in [0, 0.1) is 6.92 Å². The molecule has 1 aromatic carbocycles. The van der Waals surface area contributed by atoms with Crippen LogP contribution in [0.2, 0.25) is 0 Å². The summed E-state index contributed by atoms with van der Waals surface area (Å²) in [6.07, 6.45) is 5.45. The van der Waals surface area contributed by atoms with E-state index < -0.39 is 0 Å². The third kappa shape index (κ3) is 4.07. The molecule has 156 valence electrons. The molecule has 1 aromatic rings. The molecule has 2 fully saturated rings. The maximum atomic E-state index is 12.8. The number of ether oxygens (including phenoxy) is 1. The quantitative estimate of drug-likeness (QED) is 0.754. The van der Waals surface area contributed by atoms with E-state index in [4.69, 9.17) is 4.74 Å². The van der Waals surface area contributed by atoms with Crippen molar-refractivity contribution in [1.29, 1.82) is 0 Å². The molecule has 0 unspecified atom stereocenters. The van der Waals surface area contributed by atoms with Gasteiger partial charge in [-0.1, -0.05) is 19.3 Å². The molecule has 0 spiro atoms. The summed E-state index contributed by atoms with van der Waals surface area (Å²) in [6, 6.07) is 3.89. The molecular weight excluding hydrogens is 372 g/mol. The van der Waals surface area contributed by atoms with Gasteiger partial charge in [-0.15, -0.1) is 0 Å². The molecule has 3 aliphatic rings. The van der Waals surface area contributed by atoms with Crippen LogP contribution in [0.1, 0.15) is 43.2 Å². The number of hydrogen-bond donors (Lipinski definition) is 2. The summed E-state index contributed by atoms with van der Waals surface area (Å²) in [5.74, 6) is 1.11. The van der Waals surface area contributed by atoms with E-state index in [0.29, 0.717) is 31.3 Å². The van der Waals surface area contributed by atoms with Gasteiger partial charge in [0.05, 0.1) is 12.3 Å². The van der Waals surface area contributed by atoms with Crippen LogP contribution in [0.25, 0.3) is 0 Å². The van der Waals surface area contributed by atoms with Crippen molar-refractivity contribution in [2.24, 2.45) is 4.99 Å².